The molecule has 0 aliphatic heterocycles. The van der Waals surface area contributed by atoms with Crippen LogP contribution in [0, 0.1) is 4.77 Å². The molecule has 4 rings (SSSR count). The molecule has 4 nitrogen and oxygen atoms in total. The molecule has 0 atom stereocenters. The van der Waals surface area contributed by atoms with Crippen molar-refractivity contribution in [1.29, 1.82) is 0 Å². The van der Waals surface area contributed by atoms with Crippen molar-refractivity contribution in [3.05, 3.63) is 81.9 Å². The van der Waals surface area contributed by atoms with Crippen molar-refractivity contribution in [3.63, 3.8) is 0 Å². The van der Waals surface area contributed by atoms with Gasteiger partial charge in [0.15, 0.2) is 4.77 Å². The predicted molar refractivity (Wildman–Crippen MR) is 111 cm³/mol. The number of alkyl halides is 3. The molecule has 30 heavy (non-hydrogen) atoms. The van der Waals surface area contributed by atoms with Gasteiger partial charge in [-0.25, -0.2) is 4.68 Å². The second-order valence-electron chi connectivity index (χ2n) is 7.84. The maximum Gasteiger partial charge on any atom is 0.416 e. The van der Waals surface area contributed by atoms with E-state index in [-0.39, 0.29) is 0 Å². The highest BCUT2D eigenvalue weighted by molar-refractivity contribution is 7.71. The zero-order chi connectivity index (χ0) is 21.3. The Morgan fingerprint density at radius 1 is 1.03 bits per heavy atom. The van der Waals surface area contributed by atoms with Gasteiger partial charge in [-0.1, -0.05) is 42.5 Å². The second kappa shape index (κ2) is 8.35. The molecule has 0 unspecified atom stereocenters. The lowest BCUT2D eigenvalue weighted by Crippen LogP contribution is -2.22. The lowest BCUT2D eigenvalue weighted by molar-refractivity contribution is -0.137. The topological polar surface area (TPSA) is 26.0 Å². The third-order valence-corrected chi connectivity index (χ3v) is 5.62. The van der Waals surface area contributed by atoms with E-state index < -0.39 is 11.7 Å². The summed E-state index contributed by atoms with van der Waals surface area (Å²) in [6.07, 6.45) is -2.06. The maximum absolute atomic E-state index is 12.7. The van der Waals surface area contributed by atoms with E-state index in [0.717, 1.165) is 36.4 Å². The molecule has 158 valence electrons. The number of benzene rings is 2. The van der Waals surface area contributed by atoms with Crippen molar-refractivity contribution in [1.82, 2.24) is 19.2 Å². The number of halogens is 3. The molecule has 0 N–H and O–H groups in total. The van der Waals surface area contributed by atoms with Crippen LogP contribution in [-0.2, 0) is 25.9 Å². The molecule has 1 aromatic heterocycles. The van der Waals surface area contributed by atoms with Gasteiger partial charge in [-0.05, 0) is 55.4 Å². The van der Waals surface area contributed by atoms with E-state index in [0.29, 0.717) is 30.4 Å². The van der Waals surface area contributed by atoms with Crippen LogP contribution in [0.25, 0.3) is 0 Å². The summed E-state index contributed by atoms with van der Waals surface area (Å²) in [5.41, 5.74) is 1.35. The van der Waals surface area contributed by atoms with Gasteiger partial charge in [-0.2, -0.15) is 18.3 Å². The van der Waals surface area contributed by atoms with Gasteiger partial charge in [0, 0.05) is 12.5 Å². The Morgan fingerprint density at radius 2 is 1.70 bits per heavy atom. The van der Waals surface area contributed by atoms with Crippen molar-refractivity contribution in [2.45, 2.75) is 44.7 Å². The van der Waals surface area contributed by atoms with Crippen LogP contribution >= 0.6 is 12.2 Å². The van der Waals surface area contributed by atoms with Crippen molar-refractivity contribution in [2.75, 3.05) is 7.05 Å². The first-order valence-corrected chi connectivity index (χ1v) is 10.3. The summed E-state index contributed by atoms with van der Waals surface area (Å²) >= 11 is 5.71. The molecule has 8 heteroatoms. The average Bonchev–Trinajstić information content (AvgIpc) is 3.50. The highest BCUT2D eigenvalue weighted by Crippen LogP contribution is 2.39. The van der Waals surface area contributed by atoms with Crippen LogP contribution in [0.15, 0.2) is 54.6 Å². The number of nitrogens with zero attached hydrogens (tertiary/aromatic N) is 4. The second-order valence-corrected chi connectivity index (χ2v) is 8.20. The number of hydrogen-bond donors (Lipinski definition) is 0. The van der Waals surface area contributed by atoms with Crippen molar-refractivity contribution in [3.8, 4) is 0 Å². The van der Waals surface area contributed by atoms with Gasteiger partial charge in [0.05, 0.1) is 18.8 Å². The summed E-state index contributed by atoms with van der Waals surface area (Å²) in [6, 6.07) is 15.4. The van der Waals surface area contributed by atoms with E-state index in [1.54, 1.807) is 0 Å². The molecule has 0 amide bonds. The molecule has 3 aromatic rings. The molecular weight excluding hydrogens is 409 g/mol. The normalized spacial score (nSPS) is 14.4. The first kappa shape index (κ1) is 20.8. The molecule has 0 spiro atoms. The standard InChI is InChI=1S/C22H23F3N4S/c1-27(13-17-7-11-19(12-8-17)22(23,24)25)15-29-21(30)28(20(26-29)18-9-10-18)14-16-5-3-2-4-6-16/h2-8,11-12,18H,9-10,13-15H2,1H3. The van der Waals surface area contributed by atoms with Crippen LogP contribution in [0.5, 0.6) is 0 Å². The maximum atomic E-state index is 12.7. The van der Waals surface area contributed by atoms with Gasteiger partial charge in [-0.15, -0.1) is 0 Å². The summed E-state index contributed by atoms with van der Waals surface area (Å²) in [4.78, 5) is 1.99. The van der Waals surface area contributed by atoms with Crippen LogP contribution in [0.1, 0.15) is 41.3 Å². The van der Waals surface area contributed by atoms with E-state index >= 15 is 0 Å². The summed E-state index contributed by atoms with van der Waals surface area (Å²) in [7, 11) is 1.91. The lowest BCUT2D eigenvalue weighted by atomic mass is 10.1. The van der Waals surface area contributed by atoms with Gasteiger partial charge in [0.1, 0.15) is 5.82 Å². The van der Waals surface area contributed by atoms with E-state index in [1.165, 1.54) is 17.7 Å². The van der Waals surface area contributed by atoms with Gasteiger partial charge in [0.25, 0.3) is 0 Å². The van der Waals surface area contributed by atoms with Gasteiger partial charge in [-0.3, -0.25) is 9.47 Å². The molecule has 1 saturated carbocycles. The average molecular weight is 433 g/mol. The number of aromatic nitrogens is 3. The number of rotatable bonds is 7. The summed E-state index contributed by atoms with van der Waals surface area (Å²) in [6.45, 7) is 1.67. The molecule has 1 aliphatic carbocycles. The van der Waals surface area contributed by atoms with Gasteiger partial charge >= 0.3 is 6.18 Å². The third kappa shape index (κ3) is 4.82. The minimum absolute atomic E-state index is 0.455. The largest absolute Gasteiger partial charge is 0.416 e. The van der Waals surface area contributed by atoms with Crippen LogP contribution in [0.3, 0.4) is 0 Å². The molecule has 0 saturated heterocycles. The molecule has 1 heterocycles. The molecule has 1 fully saturated rings. The van der Waals surface area contributed by atoms with E-state index in [2.05, 4.69) is 16.7 Å². The summed E-state index contributed by atoms with van der Waals surface area (Å²) in [5.74, 6) is 1.48. The Kier molecular flexibility index (Phi) is 5.79. The van der Waals surface area contributed by atoms with Crippen molar-refractivity contribution in [2.24, 2.45) is 0 Å². The minimum Gasteiger partial charge on any atom is -0.299 e. The number of hydrogen-bond acceptors (Lipinski definition) is 3. The monoisotopic (exact) mass is 432 g/mol. The van der Waals surface area contributed by atoms with Gasteiger partial charge < -0.3 is 0 Å². The molecule has 2 aromatic carbocycles. The Bertz CT molecular complexity index is 1050. The zero-order valence-corrected chi connectivity index (χ0v) is 17.5. The zero-order valence-electron chi connectivity index (χ0n) is 16.6. The van der Waals surface area contributed by atoms with Crippen LogP contribution in [0.4, 0.5) is 13.2 Å². The highest BCUT2D eigenvalue weighted by atomic mass is 32.1. The van der Waals surface area contributed by atoms with Crippen molar-refractivity contribution >= 4 is 12.2 Å². The first-order chi connectivity index (χ1) is 14.3. The third-order valence-electron chi connectivity index (χ3n) is 5.19. The predicted octanol–water partition coefficient (Wildman–Crippen LogP) is 5.45. The Labute approximate surface area is 178 Å². The smallest absolute Gasteiger partial charge is 0.299 e. The first-order valence-electron chi connectivity index (χ1n) is 9.87. The van der Waals surface area contributed by atoms with Crippen molar-refractivity contribution < 1.29 is 13.2 Å². The molecular formula is C22H23F3N4S. The fourth-order valence-electron chi connectivity index (χ4n) is 3.50. The summed E-state index contributed by atoms with van der Waals surface area (Å²) < 4.78 is 42.8. The van der Waals surface area contributed by atoms with E-state index in [1.807, 2.05) is 34.8 Å². The Hall–Kier alpha value is -2.45. The Balaban J connectivity index is 1.49. The highest BCUT2D eigenvalue weighted by Gasteiger charge is 2.31. The lowest BCUT2D eigenvalue weighted by Gasteiger charge is -2.17. The summed E-state index contributed by atoms with van der Waals surface area (Å²) in [5, 5.41) is 4.78. The fraction of sp³-hybridized carbons (Fsp3) is 0.364. The quantitative estimate of drug-likeness (QED) is 0.465. The van der Waals surface area contributed by atoms with Crippen LogP contribution in [0.2, 0.25) is 0 Å². The van der Waals surface area contributed by atoms with E-state index in [9.17, 15) is 13.2 Å². The van der Waals surface area contributed by atoms with E-state index in [4.69, 9.17) is 17.3 Å². The molecule has 0 bridgehead atoms. The SMILES string of the molecule is CN(Cc1ccc(C(F)(F)F)cc1)Cn1nc(C2CC2)n(Cc2ccccc2)c1=S. The Morgan fingerprint density at radius 3 is 2.30 bits per heavy atom. The van der Waals surface area contributed by atoms with Crippen LogP contribution in [-0.4, -0.2) is 26.3 Å². The minimum atomic E-state index is -4.32. The molecule has 0 radical (unpaired) electrons. The van der Waals surface area contributed by atoms with Crippen LogP contribution < -0.4 is 0 Å². The van der Waals surface area contributed by atoms with Gasteiger partial charge in [0.2, 0.25) is 0 Å². The fourth-order valence-corrected chi connectivity index (χ4v) is 3.75. The molecule has 1 aliphatic rings.